The van der Waals surface area contributed by atoms with Gasteiger partial charge in [0.2, 0.25) is 0 Å². The summed E-state index contributed by atoms with van der Waals surface area (Å²) < 4.78 is 21.0. The Labute approximate surface area is 146 Å². The maximum Gasteiger partial charge on any atom is 0.303 e. The average molecular weight is 344 g/mol. The highest BCUT2D eigenvalue weighted by atomic mass is 16.6. The van der Waals surface area contributed by atoms with E-state index in [-0.39, 0.29) is 6.61 Å². The highest BCUT2D eigenvalue weighted by molar-refractivity contribution is 5.67. The van der Waals surface area contributed by atoms with Crippen LogP contribution in [0.25, 0.3) is 0 Å². The third kappa shape index (κ3) is 5.98. The minimum atomic E-state index is -0.615. The number of ether oxygens (including phenoxy) is 4. The van der Waals surface area contributed by atoms with Crippen molar-refractivity contribution in [3.63, 3.8) is 0 Å². The summed E-state index contributed by atoms with van der Waals surface area (Å²) in [5, 5.41) is 0. The van der Waals surface area contributed by atoms with E-state index in [1.165, 1.54) is 13.8 Å². The van der Waals surface area contributed by atoms with Gasteiger partial charge in [0.15, 0.2) is 0 Å². The molecule has 0 aromatic heterocycles. The number of carbonyl (C=O) groups excluding carboxylic acids is 2. The van der Waals surface area contributed by atoms with Gasteiger partial charge in [-0.2, -0.15) is 0 Å². The molecule has 1 aliphatic rings. The summed E-state index contributed by atoms with van der Waals surface area (Å²) in [4.78, 5) is 22.2. The number of carbonyl (C=O) groups is 2. The van der Waals surface area contributed by atoms with Crippen molar-refractivity contribution in [1.82, 2.24) is 0 Å². The lowest BCUT2D eigenvalue weighted by atomic mass is 10.1. The van der Waals surface area contributed by atoms with E-state index in [0.29, 0.717) is 0 Å². The zero-order valence-corrected chi connectivity index (χ0v) is 14.4. The topological polar surface area (TPSA) is 71.1 Å². The number of hydrogen-bond donors (Lipinski definition) is 0. The quantitative estimate of drug-likeness (QED) is 0.472. The summed E-state index contributed by atoms with van der Waals surface area (Å²) in [7, 11) is 1.60. The molecular formula is C19H20O6. The molecule has 3 atom stereocenters. The van der Waals surface area contributed by atoms with Crippen LogP contribution >= 0.6 is 0 Å². The molecule has 1 aromatic rings. The van der Waals surface area contributed by atoms with Crippen LogP contribution in [0.5, 0.6) is 5.75 Å². The van der Waals surface area contributed by atoms with E-state index >= 15 is 0 Å². The fraction of sp³-hybridized carbons (Fsp3) is 0.368. The molecule has 0 radical (unpaired) electrons. The first-order valence-corrected chi connectivity index (χ1v) is 7.78. The summed E-state index contributed by atoms with van der Waals surface area (Å²) in [5.74, 6) is 5.88. The molecule has 1 aromatic carbocycles. The monoisotopic (exact) mass is 344 g/mol. The van der Waals surface area contributed by atoms with Crippen molar-refractivity contribution in [1.29, 1.82) is 0 Å². The van der Waals surface area contributed by atoms with Crippen LogP contribution in [0.1, 0.15) is 19.4 Å². The minimum Gasteiger partial charge on any atom is -0.497 e. The Kier molecular flexibility index (Phi) is 6.61. The second kappa shape index (κ2) is 8.90. The molecule has 0 amide bonds. The molecule has 0 aliphatic carbocycles. The summed E-state index contributed by atoms with van der Waals surface area (Å²) in [5.41, 5.74) is 0.816. The molecular weight excluding hydrogens is 324 g/mol. The molecule has 132 valence electrons. The SMILES string of the molecule is COc1ccc(C#C[C@@H]2C=C[C@@H](OC(C)=O)[C@@H](COC(C)=O)O2)cc1. The summed E-state index contributed by atoms with van der Waals surface area (Å²) in [6.07, 6.45) is 1.71. The van der Waals surface area contributed by atoms with Crippen molar-refractivity contribution in [3.8, 4) is 17.6 Å². The third-order valence-electron chi connectivity index (χ3n) is 3.37. The van der Waals surface area contributed by atoms with E-state index in [4.69, 9.17) is 18.9 Å². The Hall–Kier alpha value is -2.78. The minimum absolute atomic E-state index is 0.0155. The van der Waals surface area contributed by atoms with Crippen molar-refractivity contribution < 1.29 is 28.5 Å². The van der Waals surface area contributed by atoms with Gasteiger partial charge in [-0.3, -0.25) is 9.59 Å². The first kappa shape index (κ1) is 18.6. The van der Waals surface area contributed by atoms with Gasteiger partial charge in [0.1, 0.15) is 30.7 Å². The molecule has 0 spiro atoms. The van der Waals surface area contributed by atoms with Gasteiger partial charge in [-0.25, -0.2) is 0 Å². The van der Waals surface area contributed by atoms with E-state index in [0.717, 1.165) is 11.3 Å². The molecule has 0 bridgehead atoms. The third-order valence-corrected chi connectivity index (χ3v) is 3.37. The molecule has 1 heterocycles. The number of benzene rings is 1. The molecule has 0 saturated carbocycles. The van der Waals surface area contributed by atoms with Gasteiger partial charge >= 0.3 is 11.9 Å². The van der Waals surface area contributed by atoms with Crippen LogP contribution in [0, 0.1) is 11.8 Å². The van der Waals surface area contributed by atoms with Crippen LogP contribution in [0.3, 0.4) is 0 Å². The van der Waals surface area contributed by atoms with Gasteiger partial charge in [0.05, 0.1) is 7.11 Å². The summed E-state index contributed by atoms with van der Waals surface area (Å²) in [6, 6.07) is 7.33. The Morgan fingerprint density at radius 2 is 1.84 bits per heavy atom. The second-order valence-corrected chi connectivity index (χ2v) is 5.35. The smallest absolute Gasteiger partial charge is 0.303 e. The normalized spacial score (nSPS) is 21.6. The Morgan fingerprint density at radius 1 is 1.12 bits per heavy atom. The second-order valence-electron chi connectivity index (χ2n) is 5.35. The zero-order valence-electron chi connectivity index (χ0n) is 14.4. The fourth-order valence-corrected chi connectivity index (χ4v) is 2.20. The van der Waals surface area contributed by atoms with Crippen LogP contribution in [0.2, 0.25) is 0 Å². The maximum atomic E-state index is 11.2. The lowest BCUT2D eigenvalue weighted by molar-refractivity contribution is -0.161. The van der Waals surface area contributed by atoms with Crippen LogP contribution in [-0.2, 0) is 23.8 Å². The lowest BCUT2D eigenvalue weighted by Gasteiger charge is -2.29. The standard InChI is InChI=1S/C19H20O6/c1-13(20)23-12-19-18(24-14(2)21)11-10-17(25-19)9-6-15-4-7-16(22-3)8-5-15/h4-5,7-8,10-11,17-19H,12H2,1-3H3/t17-,18-,19-/m1/s1. The van der Waals surface area contributed by atoms with Crippen molar-refractivity contribution >= 4 is 11.9 Å². The predicted molar refractivity (Wildman–Crippen MR) is 89.9 cm³/mol. The van der Waals surface area contributed by atoms with E-state index in [9.17, 15) is 9.59 Å². The van der Waals surface area contributed by atoms with Crippen molar-refractivity contribution in [2.24, 2.45) is 0 Å². The Morgan fingerprint density at radius 3 is 2.44 bits per heavy atom. The van der Waals surface area contributed by atoms with E-state index in [2.05, 4.69) is 11.8 Å². The first-order valence-electron chi connectivity index (χ1n) is 7.78. The van der Waals surface area contributed by atoms with Gasteiger partial charge in [0.25, 0.3) is 0 Å². The molecule has 0 unspecified atom stereocenters. The number of rotatable bonds is 4. The van der Waals surface area contributed by atoms with Crippen LogP contribution < -0.4 is 4.74 Å². The largest absolute Gasteiger partial charge is 0.497 e. The molecule has 6 nitrogen and oxygen atoms in total. The molecule has 25 heavy (non-hydrogen) atoms. The average Bonchev–Trinajstić information content (AvgIpc) is 2.59. The Balaban J connectivity index is 2.07. The summed E-state index contributed by atoms with van der Waals surface area (Å²) in [6.45, 7) is 2.60. The highest BCUT2D eigenvalue weighted by Gasteiger charge is 2.29. The first-order chi connectivity index (χ1) is 12.0. The van der Waals surface area contributed by atoms with Gasteiger partial charge in [0, 0.05) is 19.4 Å². The van der Waals surface area contributed by atoms with Gasteiger partial charge in [-0.1, -0.05) is 11.8 Å². The molecule has 6 heteroatoms. The van der Waals surface area contributed by atoms with Gasteiger partial charge in [-0.15, -0.1) is 0 Å². The van der Waals surface area contributed by atoms with E-state index in [1.807, 2.05) is 24.3 Å². The van der Waals surface area contributed by atoms with Crippen LogP contribution in [0.4, 0.5) is 0 Å². The fourth-order valence-electron chi connectivity index (χ4n) is 2.20. The zero-order chi connectivity index (χ0) is 18.2. The molecule has 2 rings (SSSR count). The van der Waals surface area contributed by atoms with Crippen molar-refractivity contribution in [2.75, 3.05) is 13.7 Å². The van der Waals surface area contributed by atoms with Crippen molar-refractivity contribution in [2.45, 2.75) is 32.2 Å². The van der Waals surface area contributed by atoms with Gasteiger partial charge in [-0.05, 0) is 36.4 Å². The lowest BCUT2D eigenvalue weighted by Crippen LogP contribution is -2.41. The number of methoxy groups -OCH3 is 1. The molecule has 1 aliphatic heterocycles. The van der Waals surface area contributed by atoms with Crippen molar-refractivity contribution in [3.05, 3.63) is 42.0 Å². The Bertz CT molecular complexity index is 695. The predicted octanol–water partition coefficient (Wildman–Crippen LogP) is 1.87. The van der Waals surface area contributed by atoms with Crippen LogP contribution in [-0.4, -0.2) is 44.0 Å². The molecule has 0 fully saturated rings. The number of esters is 2. The maximum absolute atomic E-state index is 11.2. The highest BCUT2D eigenvalue weighted by Crippen LogP contribution is 2.17. The van der Waals surface area contributed by atoms with Crippen LogP contribution in [0.15, 0.2) is 36.4 Å². The van der Waals surface area contributed by atoms with E-state index < -0.39 is 30.3 Å². The summed E-state index contributed by atoms with van der Waals surface area (Å²) >= 11 is 0. The number of hydrogen-bond acceptors (Lipinski definition) is 6. The van der Waals surface area contributed by atoms with Gasteiger partial charge < -0.3 is 18.9 Å². The molecule has 0 N–H and O–H groups in total. The van der Waals surface area contributed by atoms with E-state index in [1.54, 1.807) is 19.3 Å². The molecule has 0 saturated heterocycles.